The molecule has 1 nitrogen and oxygen atoms in total. The maximum absolute atomic E-state index is 9.92. The van der Waals surface area contributed by atoms with E-state index in [0.717, 1.165) is 6.42 Å². The van der Waals surface area contributed by atoms with Crippen LogP contribution in [0.15, 0.2) is 60.7 Å². The molecule has 106 valence electrons. The lowest BCUT2D eigenvalue weighted by atomic mass is 10.1. The van der Waals surface area contributed by atoms with Gasteiger partial charge in [-0.05, 0) is 24.4 Å². The molecular formula is C18H24OSi. The average Bonchev–Trinajstić information content (AvgIpc) is 2.46. The first-order valence-corrected chi connectivity index (χ1v) is 10.4. The van der Waals surface area contributed by atoms with Crippen molar-refractivity contribution in [2.75, 3.05) is 0 Å². The predicted octanol–water partition coefficient (Wildman–Crippen LogP) is 3.70. The number of benzene rings is 2. The minimum atomic E-state index is -1.67. The van der Waals surface area contributed by atoms with Crippen LogP contribution in [0.25, 0.3) is 0 Å². The number of hydrogen-bond acceptors (Lipinski definition) is 1. The molecule has 0 aliphatic rings. The lowest BCUT2D eigenvalue weighted by Crippen LogP contribution is -2.48. The highest BCUT2D eigenvalue weighted by molar-refractivity contribution is 6.90. The highest BCUT2D eigenvalue weighted by Gasteiger charge is 2.35. The van der Waals surface area contributed by atoms with Crippen molar-refractivity contribution in [3.05, 3.63) is 66.2 Å². The van der Waals surface area contributed by atoms with E-state index in [9.17, 15) is 5.11 Å². The fourth-order valence-corrected chi connectivity index (χ4v) is 6.35. The second-order valence-electron chi connectivity index (χ2n) is 6.14. The number of rotatable bonds is 5. The molecule has 0 aliphatic carbocycles. The molecule has 0 fully saturated rings. The molecular weight excluding hydrogens is 260 g/mol. The monoisotopic (exact) mass is 284 g/mol. The summed E-state index contributed by atoms with van der Waals surface area (Å²) in [5, 5.41) is 11.4. The molecule has 2 atom stereocenters. The van der Waals surface area contributed by atoms with Crippen LogP contribution in [0, 0.1) is 0 Å². The van der Waals surface area contributed by atoms with Gasteiger partial charge in [0.15, 0.2) is 0 Å². The fourth-order valence-electron chi connectivity index (χ4n) is 2.94. The van der Waals surface area contributed by atoms with Gasteiger partial charge in [0.05, 0.1) is 14.2 Å². The summed E-state index contributed by atoms with van der Waals surface area (Å²) >= 11 is 0. The van der Waals surface area contributed by atoms with Gasteiger partial charge in [-0.1, -0.05) is 78.9 Å². The second-order valence-corrected chi connectivity index (χ2v) is 10.9. The fraction of sp³-hybridized carbons (Fsp3) is 0.333. The van der Waals surface area contributed by atoms with E-state index in [2.05, 4.69) is 73.8 Å². The Bertz CT molecular complexity index is 520. The Morgan fingerprint density at radius 2 is 1.40 bits per heavy atom. The van der Waals surface area contributed by atoms with Crippen LogP contribution in [-0.2, 0) is 0 Å². The highest BCUT2D eigenvalue weighted by Crippen LogP contribution is 2.31. The van der Waals surface area contributed by atoms with Gasteiger partial charge in [-0.2, -0.15) is 0 Å². The van der Waals surface area contributed by atoms with Gasteiger partial charge in [0.1, 0.15) is 0 Å². The van der Waals surface area contributed by atoms with Gasteiger partial charge in [0.2, 0.25) is 0 Å². The smallest absolute Gasteiger partial charge is 0.0880 e. The van der Waals surface area contributed by atoms with Crippen LogP contribution in [0.3, 0.4) is 0 Å². The number of aliphatic hydroxyl groups is 1. The molecule has 0 aliphatic heterocycles. The molecule has 20 heavy (non-hydrogen) atoms. The summed E-state index contributed by atoms with van der Waals surface area (Å²) in [6.07, 6.45) is 0.564. The lowest BCUT2D eigenvalue weighted by molar-refractivity contribution is 0.182. The summed E-state index contributed by atoms with van der Waals surface area (Å²) < 4.78 is 0. The summed E-state index contributed by atoms with van der Waals surface area (Å²) in [7, 11) is -1.67. The third-order valence-electron chi connectivity index (χ3n) is 4.17. The molecule has 0 spiro atoms. The first-order chi connectivity index (χ1) is 9.51. The van der Waals surface area contributed by atoms with E-state index in [1.165, 1.54) is 10.8 Å². The Balaban J connectivity index is 2.41. The SMILES string of the molecule is C[C@H](O)C[C@@H](c1ccccc1)[Si](C)(C)c1ccccc1. The molecule has 2 heteroatoms. The number of hydrogen-bond donors (Lipinski definition) is 1. The van der Waals surface area contributed by atoms with Crippen molar-refractivity contribution >= 4 is 13.3 Å². The highest BCUT2D eigenvalue weighted by atomic mass is 28.3. The van der Waals surface area contributed by atoms with Crippen molar-refractivity contribution in [3.8, 4) is 0 Å². The van der Waals surface area contributed by atoms with Crippen LogP contribution in [0.5, 0.6) is 0 Å². The van der Waals surface area contributed by atoms with E-state index in [1.54, 1.807) is 0 Å². The Hall–Kier alpha value is -1.38. The summed E-state index contributed by atoms with van der Waals surface area (Å²) in [6, 6.07) is 21.4. The molecule has 0 saturated carbocycles. The Labute approximate surface area is 123 Å². The van der Waals surface area contributed by atoms with Crippen molar-refractivity contribution in [3.63, 3.8) is 0 Å². The molecule has 0 radical (unpaired) electrons. The van der Waals surface area contributed by atoms with Crippen molar-refractivity contribution in [1.82, 2.24) is 0 Å². The number of aliphatic hydroxyl groups excluding tert-OH is 1. The van der Waals surface area contributed by atoms with Gasteiger partial charge in [-0.15, -0.1) is 0 Å². The van der Waals surface area contributed by atoms with E-state index in [-0.39, 0.29) is 6.10 Å². The summed E-state index contributed by atoms with van der Waals surface area (Å²) in [6.45, 7) is 6.70. The quantitative estimate of drug-likeness (QED) is 0.830. The van der Waals surface area contributed by atoms with E-state index in [1.807, 2.05) is 6.92 Å². The van der Waals surface area contributed by atoms with Gasteiger partial charge in [-0.3, -0.25) is 0 Å². The normalized spacial score (nSPS) is 14.8. The Morgan fingerprint density at radius 3 is 1.90 bits per heavy atom. The van der Waals surface area contributed by atoms with Crippen LogP contribution >= 0.6 is 0 Å². The summed E-state index contributed by atoms with van der Waals surface area (Å²) in [4.78, 5) is 0. The Kier molecular flexibility index (Phi) is 4.79. The molecule has 2 aromatic carbocycles. The average molecular weight is 284 g/mol. The van der Waals surface area contributed by atoms with Crippen molar-refractivity contribution in [1.29, 1.82) is 0 Å². The largest absolute Gasteiger partial charge is 0.393 e. The Morgan fingerprint density at radius 1 is 0.900 bits per heavy atom. The van der Waals surface area contributed by atoms with E-state index >= 15 is 0 Å². The van der Waals surface area contributed by atoms with Crippen molar-refractivity contribution in [2.45, 2.75) is 38.1 Å². The molecule has 0 aromatic heterocycles. The van der Waals surface area contributed by atoms with Crippen LogP contribution < -0.4 is 5.19 Å². The molecule has 0 saturated heterocycles. The zero-order valence-corrected chi connectivity index (χ0v) is 13.6. The zero-order chi connectivity index (χ0) is 14.6. The zero-order valence-electron chi connectivity index (χ0n) is 12.6. The van der Waals surface area contributed by atoms with Gasteiger partial charge in [-0.25, -0.2) is 0 Å². The molecule has 2 aromatic rings. The van der Waals surface area contributed by atoms with Crippen molar-refractivity contribution < 1.29 is 5.11 Å². The molecule has 0 heterocycles. The molecule has 0 bridgehead atoms. The van der Waals surface area contributed by atoms with Gasteiger partial charge in [0.25, 0.3) is 0 Å². The van der Waals surface area contributed by atoms with E-state index < -0.39 is 8.07 Å². The standard InChI is InChI=1S/C18H24OSi/c1-15(19)14-18(16-10-6-4-7-11-16)20(2,3)17-12-8-5-9-13-17/h4-13,15,18-19H,14H2,1-3H3/t15-,18-/m0/s1. The van der Waals surface area contributed by atoms with Gasteiger partial charge >= 0.3 is 0 Å². The molecule has 0 amide bonds. The minimum Gasteiger partial charge on any atom is -0.393 e. The minimum absolute atomic E-state index is 0.268. The molecule has 0 unspecified atom stereocenters. The lowest BCUT2D eigenvalue weighted by Gasteiger charge is -2.34. The van der Waals surface area contributed by atoms with Crippen molar-refractivity contribution in [2.24, 2.45) is 0 Å². The van der Waals surface area contributed by atoms with Crippen LogP contribution in [0.2, 0.25) is 13.1 Å². The van der Waals surface area contributed by atoms with Gasteiger partial charge < -0.3 is 5.11 Å². The van der Waals surface area contributed by atoms with Gasteiger partial charge in [0, 0.05) is 0 Å². The first-order valence-electron chi connectivity index (χ1n) is 7.30. The third-order valence-corrected chi connectivity index (χ3v) is 8.30. The van der Waals surface area contributed by atoms with Crippen LogP contribution in [0.4, 0.5) is 0 Å². The third kappa shape index (κ3) is 3.38. The first kappa shape index (κ1) is 15.0. The second kappa shape index (κ2) is 6.38. The summed E-state index contributed by atoms with van der Waals surface area (Å²) in [5.41, 5.74) is 1.79. The van der Waals surface area contributed by atoms with E-state index in [0.29, 0.717) is 5.54 Å². The van der Waals surface area contributed by atoms with Crippen LogP contribution in [-0.4, -0.2) is 19.3 Å². The predicted molar refractivity (Wildman–Crippen MR) is 89.0 cm³/mol. The van der Waals surface area contributed by atoms with E-state index in [4.69, 9.17) is 0 Å². The van der Waals surface area contributed by atoms with Crippen LogP contribution in [0.1, 0.15) is 24.4 Å². The maximum Gasteiger partial charge on any atom is 0.0880 e. The summed E-state index contributed by atoms with van der Waals surface area (Å²) in [5.74, 6) is 0. The topological polar surface area (TPSA) is 20.2 Å². The molecule has 2 rings (SSSR count). The maximum atomic E-state index is 9.92. The molecule has 1 N–H and O–H groups in total.